The summed E-state index contributed by atoms with van der Waals surface area (Å²) in [7, 11) is 0.923. The minimum atomic E-state index is -2.25. The lowest BCUT2D eigenvalue weighted by Gasteiger charge is -2.50. The van der Waals surface area contributed by atoms with Crippen LogP contribution >= 0.6 is 11.8 Å². The molecule has 3 aliphatic rings. The summed E-state index contributed by atoms with van der Waals surface area (Å²) in [5.74, 6) is -3.73. The van der Waals surface area contributed by atoms with Crippen molar-refractivity contribution in [1.82, 2.24) is 14.7 Å². The van der Waals surface area contributed by atoms with Gasteiger partial charge in [-0.25, -0.2) is 9.59 Å². The third kappa shape index (κ3) is 9.28. The average molecular weight is 756 g/mol. The molecule has 3 heterocycles. The summed E-state index contributed by atoms with van der Waals surface area (Å²) in [5, 5.41) is -0.461. The maximum atomic E-state index is 13.9. The van der Waals surface area contributed by atoms with Gasteiger partial charge in [0.05, 0.1) is 29.4 Å². The van der Waals surface area contributed by atoms with Crippen molar-refractivity contribution in [2.24, 2.45) is 23.2 Å². The number of rotatable bonds is 12. The van der Waals surface area contributed by atoms with Crippen LogP contribution in [0.4, 0.5) is 4.79 Å². The second-order valence-corrected chi connectivity index (χ2v) is 22.7. The van der Waals surface area contributed by atoms with Crippen LogP contribution in [0.15, 0.2) is 10.6 Å². The number of likely N-dealkylation sites (tertiary alicyclic amines) is 1. The van der Waals surface area contributed by atoms with Crippen molar-refractivity contribution in [3.8, 4) is 0 Å². The fourth-order valence-corrected chi connectivity index (χ4v) is 8.93. The number of thioether (sulfide) groups is 1. The summed E-state index contributed by atoms with van der Waals surface area (Å²) in [5.41, 5.74) is -0.755. The second-order valence-electron chi connectivity index (χ2n) is 16.6. The SMILES string of the molecule is CC(C)C(=O)OCOC(=O)N1C[C@@H](SC2=C(C(=O)OCOC(=O)C(C)(C)C)N3C(=O)[C@H]([C@@H](C)O[Si](C)(C)C(C)(C)C)[C@H]3[C@H]2C)C[C@H]1C(=O)N(C)C. The number of carbonyl (C=O) groups is 6. The number of hydrogen-bond donors (Lipinski definition) is 0. The zero-order chi connectivity index (χ0) is 39.0. The molecule has 0 aromatic heterocycles. The van der Waals surface area contributed by atoms with Gasteiger partial charge in [-0.15, -0.1) is 11.8 Å². The van der Waals surface area contributed by atoms with Gasteiger partial charge in [-0.2, -0.15) is 0 Å². The summed E-state index contributed by atoms with van der Waals surface area (Å²) in [6.45, 7) is 21.7. The van der Waals surface area contributed by atoms with Crippen molar-refractivity contribution in [3.63, 3.8) is 0 Å². The van der Waals surface area contributed by atoms with Gasteiger partial charge < -0.3 is 33.2 Å². The number of ether oxygens (including phenoxy) is 4. The Morgan fingerprint density at radius 1 is 0.941 bits per heavy atom. The molecule has 3 aliphatic heterocycles. The van der Waals surface area contributed by atoms with E-state index >= 15 is 0 Å². The van der Waals surface area contributed by atoms with E-state index in [1.807, 2.05) is 13.8 Å². The number of nitrogens with zero attached hydrogens (tertiary/aromatic N) is 3. The highest BCUT2D eigenvalue weighted by atomic mass is 32.2. The molecule has 0 spiro atoms. The van der Waals surface area contributed by atoms with E-state index in [0.717, 1.165) is 0 Å². The van der Waals surface area contributed by atoms with E-state index in [2.05, 4.69) is 33.9 Å². The first-order valence-corrected chi connectivity index (χ1v) is 21.2. The van der Waals surface area contributed by atoms with E-state index in [0.29, 0.717) is 4.91 Å². The van der Waals surface area contributed by atoms with E-state index in [1.165, 1.54) is 26.5 Å². The molecular formula is C35H57N3O11SSi. The van der Waals surface area contributed by atoms with E-state index in [-0.39, 0.29) is 46.7 Å². The van der Waals surface area contributed by atoms with Gasteiger partial charge in [-0.1, -0.05) is 41.5 Å². The minimum Gasteiger partial charge on any atom is -0.428 e. The zero-order valence-electron chi connectivity index (χ0n) is 32.6. The van der Waals surface area contributed by atoms with Crippen LogP contribution in [0, 0.1) is 23.2 Å². The molecule has 2 fully saturated rings. The van der Waals surface area contributed by atoms with Crippen molar-refractivity contribution in [2.45, 2.75) is 117 Å². The summed E-state index contributed by atoms with van der Waals surface area (Å²) < 4.78 is 27.5. The van der Waals surface area contributed by atoms with Crippen molar-refractivity contribution in [2.75, 3.05) is 34.2 Å². The van der Waals surface area contributed by atoms with Crippen molar-refractivity contribution in [3.05, 3.63) is 10.6 Å². The molecule has 6 atom stereocenters. The molecule has 3 rings (SSSR count). The molecule has 0 aromatic carbocycles. The number of amides is 3. The van der Waals surface area contributed by atoms with Gasteiger partial charge in [0.1, 0.15) is 11.7 Å². The molecule has 0 unspecified atom stereocenters. The Labute approximate surface area is 307 Å². The van der Waals surface area contributed by atoms with Gasteiger partial charge in [0.25, 0.3) is 0 Å². The topological polar surface area (TPSA) is 158 Å². The molecule has 16 heteroatoms. The predicted octanol–water partition coefficient (Wildman–Crippen LogP) is 4.73. The molecule has 0 saturated carbocycles. The largest absolute Gasteiger partial charge is 0.428 e. The van der Waals surface area contributed by atoms with Crippen LogP contribution in [-0.2, 0) is 47.3 Å². The quantitative estimate of drug-likeness (QED) is 0.117. The smallest absolute Gasteiger partial charge is 0.413 e. The highest BCUT2D eigenvalue weighted by Crippen LogP contribution is 2.53. The standard InChI is InChI=1S/C35H57N3O11SSi/c1-19(2)30(41)45-18-48-33(44)37-16-22(15-23(37)28(39)36(11)12)50-27-20(3)25-24(21(4)49-51(13,14)35(8,9)10)29(40)38(25)26(27)31(42)46-17-47-32(43)34(5,6)7/h19-25H,15-18H2,1-14H3/t20-,21-,22+,23+,24-,25-/m1/s1. The number of β-lactam (4-membered cyclic amide) rings is 1. The van der Waals surface area contributed by atoms with Gasteiger partial charge in [0.15, 0.2) is 8.32 Å². The van der Waals surface area contributed by atoms with E-state index in [4.69, 9.17) is 23.4 Å². The first-order valence-electron chi connectivity index (χ1n) is 17.4. The Morgan fingerprint density at radius 2 is 1.53 bits per heavy atom. The molecule has 0 aliphatic carbocycles. The number of fused-ring (bicyclic) bond motifs is 1. The summed E-state index contributed by atoms with van der Waals surface area (Å²) in [4.78, 5) is 83.0. The van der Waals surface area contributed by atoms with Gasteiger partial charge in [0.2, 0.25) is 25.4 Å². The number of hydrogen-bond acceptors (Lipinski definition) is 12. The Kier molecular flexibility index (Phi) is 13.2. The number of likely N-dealkylation sites (N-methyl/N-ethyl adjacent to an activating group) is 1. The molecule has 3 amide bonds. The van der Waals surface area contributed by atoms with Crippen LogP contribution in [-0.4, -0.2) is 116 Å². The van der Waals surface area contributed by atoms with Crippen molar-refractivity contribution < 1.29 is 52.1 Å². The molecule has 0 bridgehead atoms. The van der Waals surface area contributed by atoms with Gasteiger partial charge >= 0.3 is 24.0 Å². The molecule has 288 valence electrons. The first-order chi connectivity index (χ1) is 23.3. The van der Waals surface area contributed by atoms with Crippen LogP contribution in [0.2, 0.25) is 18.1 Å². The lowest BCUT2D eigenvalue weighted by Crippen LogP contribution is -2.65. The molecular weight excluding hydrogens is 699 g/mol. The van der Waals surface area contributed by atoms with Gasteiger partial charge in [-0.3, -0.25) is 24.1 Å². The Balaban J connectivity index is 1.91. The van der Waals surface area contributed by atoms with E-state index < -0.39 is 81.3 Å². The maximum absolute atomic E-state index is 13.9. The highest BCUT2D eigenvalue weighted by molar-refractivity contribution is 8.03. The van der Waals surface area contributed by atoms with Crippen molar-refractivity contribution in [1.29, 1.82) is 0 Å². The Hall–Kier alpha value is -3.11. The van der Waals surface area contributed by atoms with Crippen LogP contribution in [0.3, 0.4) is 0 Å². The molecule has 0 N–H and O–H groups in total. The maximum Gasteiger partial charge on any atom is 0.413 e. The lowest BCUT2D eigenvalue weighted by atomic mass is 9.79. The van der Waals surface area contributed by atoms with E-state index in [1.54, 1.807) is 48.7 Å². The van der Waals surface area contributed by atoms with Gasteiger partial charge in [0, 0.05) is 36.7 Å². The zero-order valence-corrected chi connectivity index (χ0v) is 34.4. The molecule has 0 aromatic rings. The molecule has 14 nitrogen and oxygen atoms in total. The van der Waals surface area contributed by atoms with Crippen LogP contribution in [0.25, 0.3) is 0 Å². The minimum absolute atomic E-state index is 0.0576. The number of esters is 3. The highest BCUT2D eigenvalue weighted by Gasteiger charge is 2.62. The normalized spacial score (nSPS) is 24.2. The summed E-state index contributed by atoms with van der Waals surface area (Å²) in [6.07, 6.45) is -1.00. The lowest BCUT2D eigenvalue weighted by molar-refractivity contribution is -0.175. The second kappa shape index (κ2) is 15.9. The van der Waals surface area contributed by atoms with Crippen LogP contribution in [0.1, 0.15) is 75.7 Å². The fourth-order valence-electron chi connectivity index (χ4n) is 5.98. The molecule has 0 radical (unpaired) electrons. The third-order valence-electron chi connectivity index (χ3n) is 9.94. The Morgan fingerprint density at radius 3 is 2.06 bits per heavy atom. The van der Waals surface area contributed by atoms with Gasteiger partial charge in [-0.05, 0) is 52.2 Å². The first kappa shape index (κ1) is 42.3. The van der Waals surface area contributed by atoms with E-state index in [9.17, 15) is 28.8 Å². The third-order valence-corrected chi connectivity index (χ3v) is 16.0. The summed E-state index contributed by atoms with van der Waals surface area (Å²) >= 11 is 1.31. The predicted molar refractivity (Wildman–Crippen MR) is 192 cm³/mol. The molecule has 2 saturated heterocycles. The number of carbonyl (C=O) groups excluding carboxylic acids is 6. The fraction of sp³-hybridized carbons (Fsp3) is 0.771. The van der Waals surface area contributed by atoms with Crippen LogP contribution < -0.4 is 0 Å². The Bertz CT molecular complexity index is 1420. The monoisotopic (exact) mass is 755 g/mol. The summed E-state index contributed by atoms with van der Waals surface area (Å²) in [6, 6.07) is -1.27. The van der Waals surface area contributed by atoms with Crippen LogP contribution in [0.5, 0.6) is 0 Å². The average Bonchev–Trinajstić information content (AvgIpc) is 3.52. The van der Waals surface area contributed by atoms with Crippen molar-refractivity contribution >= 4 is 55.9 Å². The molecule has 51 heavy (non-hydrogen) atoms.